The van der Waals surface area contributed by atoms with Gasteiger partial charge in [-0.2, -0.15) is 0 Å². The van der Waals surface area contributed by atoms with Gasteiger partial charge in [-0.1, -0.05) is 97.8 Å². The molecule has 134 valence electrons. The molecule has 0 radical (unpaired) electrons. The molecule has 0 heterocycles. The molecule has 0 rings (SSSR count). The van der Waals surface area contributed by atoms with Crippen molar-refractivity contribution < 1.29 is 0 Å². The van der Waals surface area contributed by atoms with Crippen molar-refractivity contribution in [2.45, 2.75) is 117 Å². The van der Waals surface area contributed by atoms with Crippen LogP contribution in [0, 0.1) is 0 Å². The first-order chi connectivity index (χ1) is 10.8. The van der Waals surface area contributed by atoms with E-state index in [9.17, 15) is 0 Å². The molecule has 0 aromatic heterocycles. The molecule has 0 amide bonds. The second-order valence-corrected chi connectivity index (χ2v) is 7.08. The molecule has 0 spiro atoms. The van der Waals surface area contributed by atoms with Crippen LogP contribution in [0.3, 0.4) is 0 Å². The van der Waals surface area contributed by atoms with Crippen LogP contribution in [0.2, 0.25) is 0 Å². The lowest BCUT2D eigenvalue weighted by Gasteiger charge is -2.22. The van der Waals surface area contributed by atoms with Crippen molar-refractivity contribution in [1.29, 1.82) is 0 Å². The molecule has 0 aromatic rings. The van der Waals surface area contributed by atoms with Gasteiger partial charge in [-0.15, -0.1) is 0 Å². The van der Waals surface area contributed by atoms with Crippen LogP contribution in [0.5, 0.6) is 0 Å². The van der Waals surface area contributed by atoms with Crippen LogP contribution in [-0.2, 0) is 0 Å². The number of rotatable bonds is 18. The van der Waals surface area contributed by atoms with Gasteiger partial charge in [-0.3, -0.25) is 0 Å². The zero-order valence-electron chi connectivity index (χ0n) is 16.2. The zero-order chi connectivity index (χ0) is 16.3. The Morgan fingerprint density at radius 3 is 1.00 bits per heavy atom. The third kappa shape index (κ3) is 16.3. The van der Waals surface area contributed by atoms with Gasteiger partial charge in [0, 0.05) is 0 Å². The largest absolute Gasteiger partial charge is 0.303 e. The lowest BCUT2D eigenvalue weighted by molar-refractivity contribution is 0.254. The minimum absolute atomic E-state index is 1.35. The molecular formula is C21H45N. The highest BCUT2D eigenvalue weighted by Gasteiger charge is 2.04. The van der Waals surface area contributed by atoms with Crippen molar-refractivity contribution in [2.24, 2.45) is 0 Å². The molecule has 1 nitrogen and oxygen atoms in total. The molecule has 0 aromatic carbocycles. The van der Waals surface area contributed by atoms with Crippen molar-refractivity contribution in [3.63, 3.8) is 0 Å². The van der Waals surface area contributed by atoms with E-state index < -0.39 is 0 Å². The second-order valence-electron chi connectivity index (χ2n) is 7.08. The van der Waals surface area contributed by atoms with Crippen molar-refractivity contribution in [3.05, 3.63) is 0 Å². The summed E-state index contributed by atoms with van der Waals surface area (Å²) in [6.07, 6.45) is 21.3. The van der Waals surface area contributed by atoms with Gasteiger partial charge >= 0.3 is 0 Å². The number of nitrogens with zero attached hydrogens (tertiary/aromatic N) is 1. The van der Waals surface area contributed by atoms with Crippen LogP contribution in [0.15, 0.2) is 0 Å². The third-order valence-electron chi connectivity index (χ3n) is 4.73. The number of hydrogen-bond acceptors (Lipinski definition) is 1. The molecule has 0 bridgehead atoms. The highest BCUT2D eigenvalue weighted by atomic mass is 15.1. The van der Waals surface area contributed by atoms with Crippen molar-refractivity contribution in [3.8, 4) is 0 Å². The number of unbranched alkanes of at least 4 members (excludes halogenated alkanes) is 12. The van der Waals surface area contributed by atoms with Crippen LogP contribution in [-0.4, -0.2) is 24.5 Å². The molecule has 0 saturated heterocycles. The Morgan fingerprint density at radius 2 is 0.636 bits per heavy atom. The van der Waals surface area contributed by atoms with E-state index in [1.54, 1.807) is 0 Å². The predicted molar refractivity (Wildman–Crippen MR) is 103 cm³/mol. The summed E-state index contributed by atoms with van der Waals surface area (Å²) in [7, 11) is 0. The minimum Gasteiger partial charge on any atom is -0.303 e. The van der Waals surface area contributed by atoms with E-state index >= 15 is 0 Å². The van der Waals surface area contributed by atoms with Crippen LogP contribution < -0.4 is 0 Å². The normalized spacial score (nSPS) is 11.5. The Balaban J connectivity index is 3.69. The van der Waals surface area contributed by atoms with E-state index in [0.29, 0.717) is 0 Å². The summed E-state index contributed by atoms with van der Waals surface area (Å²) in [6, 6.07) is 0. The van der Waals surface area contributed by atoms with Crippen molar-refractivity contribution in [2.75, 3.05) is 19.6 Å². The van der Waals surface area contributed by atoms with E-state index in [0.717, 1.165) is 0 Å². The average Bonchev–Trinajstić information content (AvgIpc) is 2.53. The van der Waals surface area contributed by atoms with Gasteiger partial charge in [0.2, 0.25) is 0 Å². The SMILES string of the molecule is CCCCCCCCN(CCCCCC)CCCCCCC. The Bertz CT molecular complexity index is 190. The van der Waals surface area contributed by atoms with E-state index in [1.807, 2.05) is 0 Å². The predicted octanol–water partition coefficient (Wildman–Crippen LogP) is 7.20. The van der Waals surface area contributed by atoms with Crippen LogP contribution >= 0.6 is 0 Å². The molecule has 0 aliphatic heterocycles. The molecule has 0 N–H and O–H groups in total. The summed E-state index contributed by atoms with van der Waals surface area (Å²) >= 11 is 0. The quantitative estimate of drug-likeness (QED) is 0.242. The molecule has 0 atom stereocenters. The van der Waals surface area contributed by atoms with E-state index in [4.69, 9.17) is 0 Å². The summed E-state index contributed by atoms with van der Waals surface area (Å²) in [5.74, 6) is 0. The summed E-state index contributed by atoms with van der Waals surface area (Å²) in [5.41, 5.74) is 0. The fraction of sp³-hybridized carbons (Fsp3) is 1.00. The monoisotopic (exact) mass is 311 g/mol. The smallest absolute Gasteiger partial charge is 0.00187 e. The molecule has 0 saturated carbocycles. The first kappa shape index (κ1) is 22.0. The summed E-state index contributed by atoms with van der Waals surface area (Å²) < 4.78 is 0. The van der Waals surface area contributed by atoms with E-state index in [-0.39, 0.29) is 0 Å². The highest BCUT2D eigenvalue weighted by Crippen LogP contribution is 2.10. The molecule has 0 aliphatic rings. The van der Waals surface area contributed by atoms with Gasteiger partial charge in [0.25, 0.3) is 0 Å². The highest BCUT2D eigenvalue weighted by molar-refractivity contribution is 4.60. The fourth-order valence-electron chi connectivity index (χ4n) is 3.15. The van der Waals surface area contributed by atoms with Gasteiger partial charge in [0.15, 0.2) is 0 Å². The average molecular weight is 312 g/mol. The summed E-state index contributed by atoms with van der Waals surface area (Å²) in [4.78, 5) is 2.77. The summed E-state index contributed by atoms with van der Waals surface area (Å²) in [6.45, 7) is 11.0. The van der Waals surface area contributed by atoms with Crippen molar-refractivity contribution >= 4 is 0 Å². The Kier molecular flexibility index (Phi) is 19.0. The Morgan fingerprint density at radius 1 is 0.364 bits per heavy atom. The van der Waals surface area contributed by atoms with E-state index in [1.165, 1.54) is 116 Å². The van der Waals surface area contributed by atoms with Gasteiger partial charge < -0.3 is 4.90 Å². The molecular weight excluding hydrogens is 266 g/mol. The maximum atomic E-state index is 2.77. The maximum Gasteiger partial charge on any atom is -0.00187 e. The fourth-order valence-corrected chi connectivity index (χ4v) is 3.15. The standard InChI is InChI=1S/C21H45N/c1-4-7-10-13-15-18-21-22(19-16-12-9-6-3)20-17-14-11-8-5-2/h4-21H2,1-3H3. The van der Waals surface area contributed by atoms with Gasteiger partial charge in [0.1, 0.15) is 0 Å². The van der Waals surface area contributed by atoms with Gasteiger partial charge in [-0.25, -0.2) is 0 Å². The first-order valence-corrected chi connectivity index (χ1v) is 10.6. The number of hydrogen-bond donors (Lipinski definition) is 0. The molecule has 0 fully saturated rings. The topological polar surface area (TPSA) is 3.24 Å². The van der Waals surface area contributed by atoms with Crippen LogP contribution in [0.4, 0.5) is 0 Å². The molecule has 0 aliphatic carbocycles. The van der Waals surface area contributed by atoms with E-state index in [2.05, 4.69) is 25.7 Å². The van der Waals surface area contributed by atoms with Crippen LogP contribution in [0.1, 0.15) is 117 Å². The third-order valence-corrected chi connectivity index (χ3v) is 4.73. The second kappa shape index (κ2) is 19.0. The van der Waals surface area contributed by atoms with Gasteiger partial charge in [0.05, 0.1) is 0 Å². The maximum absolute atomic E-state index is 2.77. The van der Waals surface area contributed by atoms with Crippen molar-refractivity contribution in [1.82, 2.24) is 4.90 Å². The van der Waals surface area contributed by atoms with Gasteiger partial charge in [-0.05, 0) is 38.9 Å². The minimum atomic E-state index is 1.35. The lowest BCUT2D eigenvalue weighted by Crippen LogP contribution is -2.27. The zero-order valence-corrected chi connectivity index (χ0v) is 16.2. The Labute approximate surface area is 142 Å². The lowest BCUT2D eigenvalue weighted by atomic mass is 10.1. The molecule has 22 heavy (non-hydrogen) atoms. The van der Waals surface area contributed by atoms with Crippen LogP contribution in [0.25, 0.3) is 0 Å². The Hall–Kier alpha value is -0.0400. The summed E-state index contributed by atoms with van der Waals surface area (Å²) in [5, 5.41) is 0. The molecule has 1 heteroatoms. The molecule has 0 unspecified atom stereocenters. The first-order valence-electron chi connectivity index (χ1n) is 10.6.